The minimum Gasteiger partial charge on any atom is -0.508 e. The Bertz CT molecular complexity index is 2590. The summed E-state index contributed by atoms with van der Waals surface area (Å²) in [5, 5.41) is 20.1. The molecular weight excluding hydrogens is 877 g/mol. The summed E-state index contributed by atoms with van der Waals surface area (Å²) < 4.78 is 14.3. The number of likely N-dealkylation sites (N-methyl/N-ethyl adjacent to an activating group) is 2. The second kappa shape index (κ2) is 20.6. The molecule has 4 N–H and O–H groups in total. The summed E-state index contributed by atoms with van der Waals surface area (Å²) in [6.07, 6.45) is 6.56. The van der Waals surface area contributed by atoms with E-state index in [4.69, 9.17) is 14.5 Å². The van der Waals surface area contributed by atoms with Crippen LogP contribution in [-0.4, -0.2) is 124 Å². The average Bonchev–Trinajstić information content (AvgIpc) is 4.08. The molecule has 4 amide bonds. The lowest BCUT2D eigenvalue weighted by Crippen LogP contribution is -2.60. The van der Waals surface area contributed by atoms with E-state index in [1.54, 1.807) is 46.4 Å². The number of benzene rings is 1. The van der Waals surface area contributed by atoms with Crippen LogP contribution in [0.15, 0.2) is 65.7 Å². The number of aryl methyl sites for hydroxylation is 1. The number of hydrogen-bond donors (Lipinski definition) is 4. The normalized spacial score (nSPS) is 24.1. The van der Waals surface area contributed by atoms with E-state index >= 15 is 0 Å². The van der Waals surface area contributed by atoms with Crippen LogP contribution in [0, 0.1) is 23.2 Å². The Morgan fingerprint density at radius 2 is 1.86 bits per heavy atom. The van der Waals surface area contributed by atoms with Gasteiger partial charge in [-0.1, -0.05) is 40.7 Å². The molecule has 5 heterocycles. The first-order valence-corrected chi connectivity index (χ1v) is 24.4. The van der Waals surface area contributed by atoms with Gasteiger partial charge >= 0.3 is 5.97 Å². The minimum atomic E-state index is -1.16. The lowest BCUT2D eigenvalue weighted by atomic mass is 9.76. The molecule has 7 atom stereocenters. The summed E-state index contributed by atoms with van der Waals surface area (Å²) in [7, 11) is 4.73. The van der Waals surface area contributed by atoms with Crippen molar-refractivity contribution in [2.45, 2.75) is 125 Å². The number of nitrogens with zero attached hydrogens (tertiary/aromatic N) is 5. The molecule has 2 unspecified atom stereocenters. The van der Waals surface area contributed by atoms with Crippen molar-refractivity contribution >= 4 is 46.1 Å². The largest absolute Gasteiger partial charge is 0.508 e. The highest BCUT2D eigenvalue weighted by atomic mass is 16.5. The number of ether oxygens (including phenoxy) is 2. The smallest absolute Gasteiger partial charge is 0.324 e. The maximum atomic E-state index is 14.8. The number of aliphatic hydroxyl groups excluding tert-OH is 1. The number of pyridine rings is 1. The number of methoxy groups -OCH3 is 1. The fourth-order valence-electron chi connectivity index (χ4n) is 10.4. The quantitative estimate of drug-likeness (QED) is 0.0967. The highest BCUT2D eigenvalue weighted by Gasteiger charge is 2.46. The third-order valence-electron chi connectivity index (χ3n) is 14.3. The Labute approximate surface area is 406 Å². The molecule has 372 valence electrons. The maximum Gasteiger partial charge on any atom is 0.324 e. The van der Waals surface area contributed by atoms with Crippen LogP contribution in [-0.2, 0) is 46.4 Å². The fraction of sp³-hybridized carbons (Fsp3) is 0.547. The number of fused-ring (bicyclic) bond motifs is 6. The molecule has 0 saturated carbocycles. The molecule has 1 aromatic carbocycles. The molecule has 16 nitrogen and oxygen atoms in total. The minimum absolute atomic E-state index is 0.0378. The number of allylic oxidation sites excluding steroid dienone is 4. The number of cyclic esters (lactones) is 1. The maximum absolute atomic E-state index is 14.8. The summed E-state index contributed by atoms with van der Waals surface area (Å²) in [5.74, 6) is -2.68. The number of esters is 1. The van der Waals surface area contributed by atoms with Gasteiger partial charge in [-0.05, 0) is 130 Å². The number of amides is 4. The van der Waals surface area contributed by atoms with Crippen molar-refractivity contribution in [3.8, 4) is 11.3 Å². The van der Waals surface area contributed by atoms with Crippen LogP contribution >= 0.6 is 0 Å². The van der Waals surface area contributed by atoms with Crippen LogP contribution in [0.5, 0.6) is 0 Å². The Morgan fingerprint density at radius 3 is 2.52 bits per heavy atom. The lowest BCUT2D eigenvalue weighted by Gasteiger charge is -2.37. The van der Waals surface area contributed by atoms with Crippen LogP contribution in [0.2, 0.25) is 0 Å². The summed E-state index contributed by atoms with van der Waals surface area (Å²) in [5.41, 5.74) is 9.77. The molecule has 7 rings (SSSR count). The van der Waals surface area contributed by atoms with Gasteiger partial charge in [-0.15, -0.1) is 0 Å². The molecule has 1 aliphatic carbocycles. The first kappa shape index (κ1) is 51.0. The van der Waals surface area contributed by atoms with E-state index < -0.39 is 47.1 Å². The monoisotopic (exact) mass is 949 g/mol. The molecule has 4 aliphatic rings. The second-order valence-corrected chi connectivity index (χ2v) is 20.7. The lowest BCUT2D eigenvalue weighted by molar-refractivity contribution is -0.155. The number of carbonyl (C=O) groups is 5. The Morgan fingerprint density at radius 1 is 1.12 bits per heavy atom. The van der Waals surface area contributed by atoms with Crippen molar-refractivity contribution in [3.05, 3.63) is 82.5 Å². The molecule has 0 spiro atoms. The van der Waals surface area contributed by atoms with Gasteiger partial charge in [0.2, 0.25) is 11.8 Å². The molecular formula is C53H72N8O8. The van der Waals surface area contributed by atoms with Crippen LogP contribution in [0.1, 0.15) is 105 Å². The van der Waals surface area contributed by atoms with E-state index in [0.717, 1.165) is 44.6 Å². The molecule has 2 aromatic heterocycles. The van der Waals surface area contributed by atoms with Crippen LogP contribution in [0.3, 0.4) is 0 Å². The van der Waals surface area contributed by atoms with E-state index in [1.807, 2.05) is 26.8 Å². The number of rotatable bonds is 11. The zero-order valence-corrected chi connectivity index (χ0v) is 42.4. The van der Waals surface area contributed by atoms with E-state index in [2.05, 4.69) is 72.6 Å². The van der Waals surface area contributed by atoms with Gasteiger partial charge in [-0.2, -0.15) is 0 Å². The van der Waals surface area contributed by atoms with Gasteiger partial charge in [-0.3, -0.25) is 39.3 Å². The van der Waals surface area contributed by atoms with Gasteiger partial charge < -0.3 is 34.3 Å². The zero-order valence-electron chi connectivity index (χ0n) is 42.4. The van der Waals surface area contributed by atoms with Crippen LogP contribution in [0.25, 0.3) is 27.7 Å². The van der Waals surface area contributed by atoms with Crippen molar-refractivity contribution in [2.75, 3.05) is 40.9 Å². The molecule has 2 fully saturated rings. The first-order valence-electron chi connectivity index (χ1n) is 24.4. The Balaban J connectivity index is 1.27. The Hall–Kier alpha value is -5.84. The summed E-state index contributed by atoms with van der Waals surface area (Å²) in [6, 6.07) is 8.06. The first-order chi connectivity index (χ1) is 32.7. The third kappa shape index (κ3) is 10.7. The predicted molar refractivity (Wildman–Crippen MR) is 265 cm³/mol. The topological polar surface area (TPSA) is 198 Å². The van der Waals surface area contributed by atoms with Gasteiger partial charge in [0.25, 0.3) is 11.8 Å². The number of carbonyl (C=O) groups excluding carboxylic acids is 5. The molecule has 3 aliphatic heterocycles. The molecule has 0 radical (unpaired) electrons. The molecule has 16 heteroatoms. The number of hydrogen-bond acceptors (Lipinski definition) is 11. The van der Waals surface area contributed by atoms with Crippen LogP contribution in [0.4, 0.5) is 0 Å². The SMILES string of the molecule is CCn1c(-c2cccnc2[C@H](C)OC)c2c3cc(ccc31)C1=CC(O)=CC(C[C@H](NC(=O)C(=C(C)C)N(C)C(=O)CN(C)C(=O)[C@@H]3N[C@@H]3C(C)C)C(=O)N3CCC[C@H](N3)C(=O)OCC(C)(C)C2)C1C. The second-order valence-electron chi connectivity index (χ2n) is 20.7. The van der Waals surface area contributed by atoms with E-state index in [0.29, 0.717) is 31.4 Å². The highest BCUT2D eigenvalue weighted by Crippen LogP contribution is 2.44. The zero-order chi connectivity index (χ0) is 50.2. The molecule has 3 aromatic rings. The number of nitrogens with one attached hydrogen (secondary N) is 3. The summed E-state index contributed by atoms with van der Waals surface area (Å²) in [6.45, 7) is 18.6. The molecule has 6 bridgehead atoms. The standard InChI is InChI=1S/C53H72N8O8/c1-13-60-42-19-18-33-23-38(42)39(48(60)36-16-14-20-54-45(36)32(7)68-12)26-53(8,9)28-69-52(67)40-17-15-21-61(57-40)50(65)41(24-34-22-35(62)25-37(33)31(34)6)55-49(64)47(30(4)5)59(11)43(63)27-58(10)51(66)46-44(56-46)29(2)3/h14,16,18-20,22-23,25,29,31-32,34,40-41,44,46,56-57,62H,13,15,17,21,24,26-28H2,1-12H3,(H,55,64)/t31?,32-,34?,40-,41-,44+,46+/m0/s1. The third-order valence-corrected chi connectivity index (χ3v) is 14.3. The number of aliphatic hydroxyl groups is 1. The van der Waals surface area contributed by atoms with E-state index in [1.165, 1.54) is 21.9 Å². The average molecular weight is 949 g/mol. The molecule has 2 saturated heterocycles. The van der Waals surface area contributed by atoms with Gasteiger partial charge in [0.1, 0.15) is 29.6 Å². The van der Waals surface area contributed by atoms with Gasteiger partial charge in [-0.25, -0.2) is 5.43 Å². The van der Waals surface area contributed by atoms with Crippen molar-refractivity contribution < 1.29 is 38.6 Å². The molecule has 69 heavy (non-hydrogen) atoms. The van der Waals surface area contributed by atoms with Gasteiger partial charge in [0.05, 0.1) is 30.6 Å². The van der Waals surface area contributed by atoms with Gasteiger partial charge in [0.15, 0.2) is 0 Å². The summed E-state index contributed by atoms with van der Waals surface area (Å²) in [4.78, 5) is 77.8. The van der Waals surface area contributed by atoms with Crippen LogP contribution < -0.4 is 16.1 Å². The van der Waals surface area contributed by atoms with Crippen molar-refractivity contribution in [3.63, 3.8) is 0 Å². The Kier molecular flexibility index (Phi) is 15.3. The van der Waals surface area contributed by atoms with Crippen molar-refractivity contribution in [2.24, 2.45) is 23.2 Å². The van der Waals surface area contributed by atoms with Gasteiger partial charge in [0, 0.05) is 68.4 Å². The van der Waals surface area contributed by atoms with Crippen molar-refractivity contribution in [1.82, 2.24) is 40.4 Å². The van der Waals surface area contributed by atoms with Crippen molar-refractivity contribution in [1.29, 1.82) is 0 Å². The van der Waals surface area contributed by atoms with E-state index in [9.17, 15) is 29.1 Å². The number of hydrazine groups is 1. The van der Waals surface area contributed by atoms with E-state index in [-0.39, 0.29) is 73.5 Å². The summed E-state index contributed by atoms with van der Waals surface area (Å²) >= 11 is 0. The highest BCUT2D eigenvalue weighted by molar-refractivity contribution is 6.01. The number of aromatic nitrogens is 2. The fourth-order valence-corrected chi connectivity index (χ4v) is 10.4. The predicted octanol–water partition coefficient (Wildman–Crippen LogP) is 6.22.